The average Bonchev–Trinajstić information content (AvgIpc) is 2.78. The molecule has 0 heterocycles. The molecule has 0 spiro atoms. The van der Waals surface area contributed by atoms with E-state index >= 15 is 0 Å². The van der Waals surface area contributed by atoms with Crippen LogP contribution in [0.15, 0.2) is 47.4 Å². The lowest BCUT2D eigenvalue weighted by Crippen LogP contribution is -2.31. The Kier molecular flexibility index (Phi) is 8.70. The van der Waals surface area contributed by atoms with Gasteiger partial charge in [-0.2, -0.15) is 4.31 Å². The van der Waals surface area contributed by atoms with Crippen molar-refractivity contribution in [1.82, 2.24) is 9.62 Å². The molecule has 0 aliphatic carbocycles. The number of nitrogens with zero attached hydrogens (tertiary/aromatic N) is 1. The van der Waals surface area contributed by atoms with E-state index in [0.29, 0.717) is 30.3 Å². The van der Waals surface area contributed by atoms with Gasteiger partial charge in [-0.25, -0.2) is 8.42 Å². The third-order valence-corrected chi connectivity index (χ3v) is 6.89. The number of nitrogens with one attached hydrogen (secondary N) is 1. The molecule has 0 aliphatic heterocycles. The summed E-state index contributed by atoms with van der Waals surface area (Å²) >= 11 is 0. The summed E-state index contributed by atoms with van der Waals surface area (Å²) in [6, 6.07) is 11.2. The van der Waals surface area contributed by atoms with Gasteiger partial charge < -0.3 is 19.5 Å². The van der Waals surface area contributed by atoms with Crippen molar-refractivity contribution in [1.29, 1.82) is 0 Å². The van der Waals surface area contributed by atoms with E-state index in [-0.39, 0.29) is 23.5 Å². The van der Waals surface area contributed by atoms with E-state index in [4.69, 9.17) is 14.2 Å². The number of carbonyl (C=O) groups is 1. The Morgan fingerprint density at radius 1 is 1.00 bits per heavy atom. The molecular formula is C22H30N2O6S. The average molecular weight is 451 g/mol. The fourth-order valence-corrected chi connectivity index (χ4v) is 4.52. The number of methoxy groups -OCH3 is 2. The molecule has 1 N–H and O–H groups in total. The van der Waals surface area contributed by atoms with Gasteiger partial charge in [-0.15, -0.1) is 0 Å². The zero-order valence-electron chi connectivity index (χ0n) is 18.5. The molecule has 9 heteroatoms. The predicted octanol–water partition coefficient (Wildman–Crippen LogP) is 2.99. The first-order valence-electron chi connectivity index (χ1n) is 10.0. The number of hydrogen-bond acceptors (Lipinski definition) is 6. The maximum absolute atomic E-state index is 12.5. The molecule has 1 atom stereocenters. The number of hydrogen-bond donors (Lipinski definition) is 1. The van der Waals surface area contributed by atoms with Crippen LogP contribution in [0.25, 0.3) is 0 Å². The minimum Gasteiger partial charge on any atom is -0.493 e. The Morgan fingerprint density at radius 2 is 1.61 bits per heavy atom. The van der Waals surface area contributed by atoms with Gasteiger partial charge in [-0.3, -0.25) is 4.79 Å². The fraction of sp³-hybridized carbons (Fsp3) is 0.409. The Morgan fingerprint density at radius 3 is 2.16 bits per heavy atom. The van der Waals surface area contributed by atoms with Gasteiger partial charge >= 0.3 is 0 Å². The van der Waals surface area contributed by atoms with Crippen molar-refractivity contribution < 1.29 is 27.4 Å². The first-order valence-corrected chi connectivity index (χ1v) is 11.4. The van der Waals surface area contributed by atoms with E-state index < -0.39 is 10.0 Å². The monoisotopic (exact) mass is 450 g/mol. The van der Waals surface area contributed by atoms with Crippen molar-refractivity contribution in [3.8, 4) is 17.2 Å². The van der Waals surface area contributed by atoms with Crippen LogP contribution in [-0.4, -0.2) is 52.5 Å². The highest BCUT2D eigenvalue weighted by atomic mass is 32.2. The molecule has 0 unspecified atom stereocenters. The summed E-state index contributed by atoms with van der Waals surface area (Å²) < 4.78 is 42.4. The van der Waals surface area contributed by atoms with Crippen LogP contribution >= 0.6 is 0 Å². The maximum atomic E-state index is 12.5. The van der Waals surface area contributed by atoms with Crippen LogP contribution in [0.4, 0.5) is 0 Å². The van der Waals surface area contributed by atoms with E-state index in [1.165, 1.54) is 16.4 Å². The standard InChI is InChI=1S/C22H30N2O6S/c1-6-24(7-2)31(26,27)19-11-9-18(10-12-19)30-15-22(25)23-16(3)17-8-13-20(28-4)21(14-17)29-5/h8-14,16H,6-7,15H2,1-5H3,(H,23,25)/t16-/m0/s1. The molecule has 0 saturated heterocycles. The number of sulfonamides is 1. The molecule has 2 aromatic carbocycles. The predicted molar refractivity (Wildman–Crippen MR) is 118 cm³/mol. The van der Waals surface area contributed by atoms with Crippen molar-refractivity contribution in [2.75, 3.05) is 33.9 Å². The zero-order chi connectivity index (χ0) is 23.0. The summed E-state index contributed by atoms with van der Waals surface area (Å²) in [4.78, 5) is 12.5. The van der Waals surface area contributed by atoms with Crippen molar-refractivity contribution >= 4 is 15.9 Å². The van der Waals surface area contributed by atoms with Gasteiger partial charge in [0.2, 0.25) is 10.0 Å². The molecule has 2 rings (SSSR count). The molecule has 31 heavy (non-hydrogen) atoms. The Balaban J connectivity index is 1.95. The van der Waals surface area contributed by atoms with Crippen LogP contribution in [0.2, 0.25) is 0 Å². The van der Waals surface area contributed by atoms with Crippen LogP contribution in [0.3, 0.4) is 0 Å². The molecule has 0 aromatic heterocycles. The number of amides is 1. The van der Waals surface area contributed by atoms with Gasteiger partial charge in [-0.05, 0) is 48.9 Å². The lowest BCUT2D eigenvalue weighted by Gasteiger charge is -2.18. The third kappa shape index (κ3) is 6.11. The molecule has 0 fully saturated rings. The second-order valence-corrected chi connectivity index (χ2v) is 8.69. The van der Waals surface area contributed by atoms with Crippen molar-refractivity contribution in [3.63, 3.8) is 0 Å². The summed E-state index contributed by atoms with van der Waals surface area (Å²) in [6.45, 7) is 6.04. The summed E-state index contributed by atoms with van der Waals surface area (Å²) in [5.74, 6) is 1.30. The fourth-order valence-electron chi connectivity index (χ4n) is 3.06. The smallest absolute Gasteiger partial charge is 0.258 e. The lowest BCUT2D eigenvalue weighted by atomic mass is 10.1. The number of benzene rings is 2. The molecule has 0 radical (unpaired) electrons. The van der Waals surface area contributed by atoms with Crippen LogP contribution in [-0.2, 0) is 14.8 Å². The summed E-state index contributed by atoms with van der Waals surface area (Å²) in [6.07, 6.45) is 0. The molecule has 8 nitrogen and oxygen atoms in total. The molecule has 0 aliphatic rings. The van der Waals surface area contributed by atoms with Crippen molar-refractivity contribution in [2.45, 2.75) is 31.7 Å². The first-order chi connectivity index (χ1) is 14.8. The number of carbonyl (C=O) groups excluding carboxylic acids is 1. The Hall–Kier alpha value is -2.78. The normalized spacial score (nSPS) is 12.3. The van der Waals surface area contributed by atoms with Crippen LogP contribution < -0.4 is 19.5 Å². The summed E-state index contributed by atoms with van der Waals surface area (Å²) in [5.41, 5.74) is 0.858. The van der Waals surface area contributed by atoms with Crippen molar-refractivity contribution in [3.05, 3.63) is 48.0 Å². The second kappa shape index (κ2) is 11.0. The Bertz CT molecular complexity index is 972. The largest absolute Gasteiger partial charge is 0.493 e. The highest BCUT2D eigenvalue weighted by Gasteiger charge is 2.21. The van der Waals surface area contributed by atoms with E-state index in [1.807, 2.05) is 13.0 Å². The lowest BCUT2D eigenvalue weighted by molar-refractivity contribution is -0.123. The summed E-state index contributed by atoms with van der Waals surface area (Å²) in [5, 5.41) is 2.86. The van der Waals surface area contributed by atoms with Gasteiger partial charge in [0.25, 0.3) is 5.91 Å². The quantitative estimate of drug-likeness (QED) is 0.566. The van der Waals surface area contributed by atoms with Gasteiger partial charge in [-0.1, -0.05) is 19.9 Å². The second-order valence-electron chi connectivity index (χ2n) is 6.75. The first kappa shape index (κ1) is 24.5. The topological polar surface area (TPSA) is 94.2 Å². The highest BCUT2D eigenvalue weighted by molar-refractivity contribution is 7.89. The van der Waals surface area contributed by atoms with Crippen molar-refractivity contribution in [2.24, 2.45) is 0 Å². The minimum atomic E-state index is -3.53. The molecule has 0 bridgehead atoms. The molecule has 1 amide bonds. The number of ether oxygens (including phenoxy) is 3. The van der Waals surface area contributed by atoms with Crippen LogP contribution in [0.1, 0.15) is 32.4 Å². The van der Waals surface area contributed by atoms with Crippen LogP contribution in [0, 0.1) is 0 Å². The minimum absolute atomic E-state index is 0.190. The SMILES string of the molecule is CCN(CC)S(=O)(=O)c1ccc(OCC(=O)N[C@@H](C)c2ccc(OC)c(OC)c2)cc1. The zero-order valence-corrected chi connectivity index (χ0v) is 19.4. The maximum Gasteiger partial charge on any atom is 0.258 e. The van der Waals surface area contributed by atoms with Gasteiger partial charge in [0.15, 0.2) is 18.1 Å². The van der Waals surface area contributed by atoms with Gasteiger partial charge in [0, 0.05) is 13.1 Å². The highest BCUT2D eigenvalue weighted by Crippen LogP contribution is 2.29. The Labute approximate surface area is 184 Å². The van der Waals surface area contributed by atoms with E-state index in [9.17, 15) is 13.2 Å². The van der Waals surface area contributed by atoms with Crippen LogP contribution in [0.5, 0.6) is 17.2 Å². The summed E-state index contributed by atoms with van der Waals surface area (Å²) in [7, 11) is -0.413. The van der Waals surface area contributed by atoms with E-state index in [0.717, 1.165) is 5.56 Å². The molecule has 2 aromatic rings. The molecular weight excluding hydrogens is 420 g/mol. The van der Waals surface area contributed by atoms with Gasteiger partial charge in [0.1, 0.15) is 5.75 Å². The van der Waals surface area contributed by atoms with E-state index in [1.54, 1.807) is 52.3 Å². The molecule has 0 saturated carbocycles. The molecule has 170 valence electrons. The van der Waals surface area contributed by atoms with Gasteiger partial charge in [0.05, 0.1) is 25.2 Å². The third-order valence-electron chi connectivity index (χ3n) is 4.82. The number of rotatable bonds is 11. The van der Waals surface area contributed by atoms with E-state index in [2.05, 4.69) is 5.32 Å².